The van der Waals surface area contributed by atoms with Crippen LogP contribution >= 0.6 is 31.9 Å². The zero-order valence-electron chi connectivity index (χ0n) is 9.99. The molecule has 0 saturated heterocycles. The summed E-state index contributed by atoms with van der Waals surface area (Å²) in [6.45, 7) is 0. The van der Waals surface area contributed by atoms with Crippen LogP contribution < -0.4 is 5.43 Å². The minimum Gasteiger partial charge on any atom is -0.455 e. The quantitative estimate of drug-likeness (QED) is 0.570. The first-order valence-corrected chi connectivity index (χ1v) is 7.32. The van der Waals surface area contributed by atoms with Crippen molar-refractivity contribution in [1.29, 1.82) is 0 Å². The van der Waals surface area contributed by atoms with Crippen LogP contribution in [0.3, 0.4) is 0 Å². The Morgan fingerprint density at radius 2 is 1.70 bits per heavy atom. The maximum Gasteiger partial charge on any atom is 0.207 e. The highest BCUT2D eigenvalue weighted by atomic mass is 79.9. The van der Waals surface area contributed by atoms with Crippen LogP contribution in [0.2, 0.25) is 0 Å². The van der Waals surface area contributed by atoms with Crippen molar-refractivity contribution < 1.29 is 8.81 Å². The van der Waals surface area contributed by atoms with Crippen LogP contribution in [0.25, 0.3) is 22.3 Å². The lowest BCUT2D eigenvalue weighted by atomic mass is 10.1. The molecule has 0 aliphatic rings. The van der Waals surface area contributed by atoms with Crippen LogP contribution in [0.15, 0.2) is 60.6 Å². The van der Waals surface area contributed by atoms with Gasteiger partial charge < -0.3 is 4.42 Å². The maximum absolute atomic E-state index is 13.0. The lowest BCUT2D eigenvalue weighted by molar-refractivity contribution is 0.612. The van der Waals surface area contributed by atoms with E-state index < -0.39 is 0 Å². The van der Waals surface area contributed by atoms with Gasteiger partial charge in [-0.15, -0.1) is 0 Å². The third-order valence-corrected chi connectivity index (χ3v) is 4.12. The standard InChI is InChI=1S/C15H7Br2FO2/c16-9-3-6-12-11(7-9)14(19)13(17)15(20-12)8-1-4-10(18)5-2-8/h1-7H. The molecular weight excluding hydrogens is 391 g/mol. The fourth-order valence-electron chi connectivity index (χ4n) is 1.93. The number of rotatable bonds is 1. The van der Waals surface area contributed by atoms with Crippen molar-refractivity contribution in [3.8, 4) is 11.3 Å². The molecule has 3 rings (SSSR count). The van der Waals surface area contributed by atoms with E-state index >= 15 is 0 Å². The molecule has 1 aromatic heterocycles. The Balaban J connectivity index is 2.32. The second kappa shape index (κ2) is 5.14. The van der Waals surface area contributed by atoms with Gasteiger partial charge >= 0.3 is 0 Å². The Morgan fingerprint density at radius 1 is 1.00 bits per heavy atom. The number of benzene rings is 2. The van der Waals surface area contributed by atoms with E-state index in [1.165, 1.54) is 12.1 Å². The molecule has 0 aliphatic carbocycles. The van der Waals surface area contributed by atoms with Crippen molar-refractivity contribution in [2.24, 2.45) is 0 Å². The summed E-state index contributed by atoms with van der Waals surface area (Å²) in [4.78, 5) is 12.3. The van der Waals surface area contributed by atoms with Crippen molar-refractivity contribution in [3.05, 3.63) is 67.5 Å². The van der Waals surface area contributed by atoms with E-state index in [2.05, 4.69) is 31.9 Å². The van der Waals surface area contributed by atoms with Crippen molar-refractivity contribution in [2.45, 2.75) is 0 Å². The smallest absolute Gasteiger partial charge is 0.207 e. The molecule has 0 fully saturated rings. The van der Waals surface area contributed by atoms with Crippen molar-refractivity contribution in [3.63, 3.8) is 0 Å². The van der Waals surface area contributed by atoms with Gasteiger partial charge in [0.25, 0.3) is 0 Å². The number of hydrogen-bond donors (Lipinski definition) is 0. The Kier molecular flexibility index (Phi) is 3.48. The van der Waals surface area contributed by atoms with Crippen LogP contribution in [0, 0.1) is 5.82 Å². The summed E-state index contributed by atoms with van der Waals surface area (Å²) in [6, 6.07) is 11.0. The largest absolute Gasteiger partial charge is 0.455 e. The molecule has 0 N–H and O–H groups in total. The van der Waals surface area contributed by atoms with Gasteiger partial charge in [-0.05, 0) is 58.4 Å². The van der Waals surface area contributed by atoms with Crippen molar-refractivity contribution in [1.82, 2.24) is 0 Å². The molecule has 0 spiro atoms. The summed E-state index contributed by atoms with van der Waals surface area (Å²) in [7, 11) is 0. The molecule has 0 bridgehead atoms. The molecule has 0 radical (unpaired) electrons. The second-order valence-corrected chi connectivity index (χ2v) is 5.93. The first-order chi connectivity index (χ1) is 9.56. The molecule has 1 heterocycles. The average molecular weight is 398 g/mol. The molecule has 3 aromatic rings. The minimum atomic E-state index is -0.336. The first-order valence-electron chi connectivity index (χ1n) is 5.74. The zero-order valence-corrected chi connectivity index (χ0v) is 13.2. The van der Waals surface area contributed by atoms with Crippen LogP contribution in [0.4, 0.5) is 4.39 Å². The fourth-order valence-corrected chi connectivity index (χ4v) is 2.82. The van der Waals surface area contributed by atoms with Gasteiger partial charge in [-0.2, -0.15) is 0 Å². The molecule has 100 valence electrons. The van der Waals surface area contributed by atoms with E-state index in [9.17, 15) is 9.18 Å². The molecular formula is C15H7Br2FO2. The van der Waals surface area contributed by atoms with Gasteiger partial charge in [-0.3, -0.25) is 4.79 Å². The van der Waals surface area contributed by atoms with Crippen LogP contribution in [0.5, 0.6) is 0 Å². The zero-order chi connectivity index (χ0) is 14.3. The second-order valence-electron chi connectivity index (χ2n) is 4.22. The van der Waals surface area contributed by atoms with Crippen LogP contribution in [0.1, 0.15) is 0 Å². The third-order valence-electron chi connectivity index (χ3n) is 2.90. The molecule has 2 aromatic carbocycles. The Hall–Kier alpha value is -1.46. The summed E-state index contributed by atoms with van der Waals surface area (Å²) in [6.07, 6.45) is 0. The average Bonchev–Trinajstić information content (AvgIpc) is 2.44. The van der Waals surface area contributed by atoms with E-state index in [-0.39, 0.29) is 11.2 Å². The molecule has 20 heavy (non-hydrogen) atoms. The lowest BCUT2D eigenvalue weighted by Gasteiger charge is -2.06. The first kappa shape index (κ1) is 13.5. The number of halogens is 3. The Labute approximate surface area is 130 Å². The van der Waals surface area contributed by atoms with E-state index in [0.717, 1.165) is 4.47 Å². The van der Waals surface area contributed by atoms with E-state index in [1.54, 1.807) is 30.3 Å². The van der Waals surface area contributed by atoms with Gasteiger partial charge in [0.2, 0.25) is 5.43 Å². The van der Waals surface area contributed by atoms with Gasteiger partial charge in [0.1, 0.15) is 15.9 Å². The van der Waals surface area contributed by atoms with Crippen molar-refractivity contribution in [2.75, 3.05) is 0 Å². The predicted octanol–water partition coefficient (Wildman–Crippen LogP) is 5.12. The number of hydrogen-bond acceptors (Lipinski definition) is 2. The van der Waals surface area contributed by atoms with E-state index in [0.29, 0.717) is 26.8 Å². The highest BCUT2D eigenvalue weighted by Gasteiger charge is 2.14. The molecule has 5 heteroatoms. The van der Waals surface area contributed by atoms with Crippen LogP contribution in [-0.2, 0) is 0 Å². The highest BCUT2D eigenvalue weighted by molar-refractivity contribution is 9.10. The Morgan fingerprint density at radius 3 is 2.40 bits per heavy atom. The van der Waals surface area contributed by atoms with Gasteiger partial charge in [0, 0.05) is 10.0 Å². The van der Waals surface area contributed by atoms with Crippen molar-refractivity contribution >= 4 is 42.8 Å². The van der Waals surface area contributed by atoms with Gasteiger partial charge in [-0.1, -0.05) is 15.9 Å². The molecule has 0 atom stereocenters. The fraction of sp³-hybridized carbons (Fsp3) is 0. The van der Waals surface area contributed by atoms with Gasteiger partial charge in [0.05, 0.1) is 5.39 Å². The topological polar surface area (TPSA) is 30.2 Å². The SMILES string of the molecule is O=c1c(Br)c(-c2ccc(F)cc2)oc2ccc(Br)cc12. The normalized spacial score (nSPS) is 10.9. The van der Waals surface area contributed by atoms with E-state index in [1.807, 2.05) is 0 Å². The van der Waals surface area contributed by atoms with E-state index in [4.69, 9.17) is 4.42 Å². The van der Waals surface area contributed by atoms with Crippen LogP contribution in [-0.4, -0.2) is 0 Å². The molecule has 2 nitrogen and oxygen atoms in total. The monoisotopic (exact) mass is 396 g/mol. The molecule has 0 aliphatic heterocycles. The third kappa shape index (κ3) is 2.31. The summed E-state index contributed by atoms with van der Waals surface area (Å²) >= 11 is 6.59. The minimum absolute atomic E-state index is 0.160. The number of fused-ring (bicyclic) bond motifs is 1. The summed E-state index contributed by atoms with van der Waals surface area (Å²) in [5, 5.41) is 0.483. The highest BCUT2D eigenvalue weighted by Crippen LogP contribution is 2.30. The molecule has 0 saturated carbocycles. The van der Waals surface area contributed by atoms with Gasteiger partial charge in [-0.25, -0.2) is 4.39 Å². The lowest BCUT2D eigenvalue weighted by Crippen LogP contribution is -2.04. The molecule has 0 amide bonds. The maximum atomic E-state index is 13.0. The Bertz CT molecular complexity index is 854. The summed E-state index contributed by atoms with van der Waals surface area (Å²) in [5.74, 6) is 0.0572. The summed E-state index contributed by atoms with van der Waals surface area (Å²) < 4.78 is 19.9. The summed E-state index contributed by atoms with van der Waals surface area (Å²) in [5.41, 5.74) is 0.966. The van der Waals surface area contributed by atoms with Gasteiger partial charge in [0.15, 0.2) is 5.76 Å². The predicted molar refractivity (Wildman–Crippen MR) is 83.3 cm³/mol. The molecule has 0 unspecified atom stereocenters.